The molecule has 0 radical (unpaired) electrons. The molecule has 1 N–H and O–H groups in total. The van der Waals surface area contributed by atoms with Crippen molar-refractivity contribution in [1.82, 2.24) is 10.3 Å². The minimum absolute atomic E-state index is 0.0737. The summed E-state index contributed by atoms with van der Waals surface area (Å²) in [5.41, 5.74) is 1.59. The van der Waals surface area contributed by atoms with Crippen molar-refractivity contribution in [1.29, 1.82) is 0 Å². The van der Waals surface area contributed by atoms with Gasteiger partial charge in [0.05, 0.1) is 5.01 Å². The number of rotatable bonds is 5. The van der Waals surface area contributed by atoms with Gasteiger partial charge in [0, 0.05) is 35.5 Å². The summed E-state index contributed by atoms with van der Waals surface area (Å²) in [6, 6.07) is 7.36. The van der Waals surface area contributed by atoms with Crippen LogP contribution in [0, 0.1) is 0 Å². The molecule has 1 unspecified atom stereocenters. The quantitative estimate of drug-likeness (QED) is 0.859. The molecule has 1 aromatic heterocycles. The van der Waals surface area contributed by atoms with Crippen molar-refractivity contribution in [3.63, 3.8) is 0 Å². The predicted molar refractivity (Wildman–Crippen MR) is 78.9 cm³/mol. The second kappa shape index (κ2) is 6.68. The lowest BCUT2D eigenvalue weighted by Gasteiger charge is -2.10. The Bertz CT molecular complexity index is 542. The molecule has 1 aromatic carbocycles. The SMILES string of the molecule is CC(CNC(=O)c1cccc(CCl)c1)c1nccs1. The number of nitrogens with zero attached hydrogens (tertiary/aromatic N) is 1. The summed E-state index contributed by atoms with van der Waals surface area (Å²) in [5.74, 6) is 0.562. The molecular weight excluding hydrogens is 280 g/mol. The van der Waals surface area contributed by atoms with E-state index >= 15 is 0 Å². The number of amides is 1. The smallest absolute Gasteiger partial charge is 0.251 e. The van der Waals surface area contributed by atoms with Crippen LogP contribution < -0.4 is 5.32 Å². The number of halogens is 1. The monoisotopic (exact) mass is 294 g/mol. The highest BCUT2D eigenvalue weighted by Crippen LogP contribution is 2.16. The van der Waals surface area contributed by atoms with Gasteiger partial charge in [-0.05, 0) is 17.7 Å². The molecular formula is C14H15ClN2OS. The molecule has 0 aliphatic carbocycles. The molecule has 0 fully saturated rings. The molecule has 0 saturated carbocycles. The average Bonchev–Trinajstić information content (AvgIpc) is 2.98. The van der Waals surface area contributed by atoms with Gasteiger partial charge in [-0.3, -0.25) is 4.79 Å². The molecule has 2 aromatic rings. The van der Waals surface area contributed by atoms with Crippen molar-refractivity contribution < 1.29 is 4.79 Å². The third-order valence-corrected chi connectivity index (χ3v) is 4.10. The summed E-state index contributed by atoms with van der Waals surface area (Å²) in [4.78, 5) is 16.3. The first-order valence-electron chi connectivity index (χ1n) is 6.03. The Morgan fingerprint density at radius 1 is 1.53 bits per heavy atom. The van der Waals surface area contributed by atoms with Crippen molar-refractivity contribution in [2.24, 2.45) is 0 Å². The van der Waals surface area contributed by atoms with E-state index in [4.69, 9.17) is 11.6 Å². The summed E-state index contributed by atoms with van der Waals surface area (Å²) in [6.07, 6.45) is 1.78. The van der Waals surface area contributed by atoms with Crippen LogP contribution in [0.25, 0.3) is 0 Å². The van der Waals surface area contributed by atoms with E-state index in [1.54, 1.807) is 23.6 Å². The van der Waals surface area contributed by atoms with Gasteiger partial charge in [0.1, 0.15) is 0 Å². The minimum Gasteiger partial charge on any atom is -0.351 e. The highest BCUT2D eigenvalue weighted by atomic mass is 35.5. The lowest BCUT2D eigenvalue weighted by molar-refractivity contribution is 0.0951. The third-order valence-electron chi connectivity index (χ3n) is 2.79. The second-order valence-electron chi connectivity index (χ2n) is 4.32. The predicted octanol–water partition coefficient (Wildman–Crippen LogP) is 3.42. The largest absolute Gasteiger partial charge is 0.351 e. The molecule has 0 spiro atoms. The van der Waals surface area contributed by atoms with E-state index < -0.39 is 0 Å². The lowest BCUT2D eigenvalue weighted by atomic mass is 10.1. The van der Waals surface area contributed by atoms with Gasteiger partial charge in [-0.1, -0.05) is 19.1 Å². The van der Waals surface area contributed by atoms with Crippen LogP contribution >= 0.6 is 22.9 Å². The molecule has 1 atom stereocenters. The number of hydrogen-bond donors (Lipinski definition) is 1. The second-order valence-corrected chi connectivity index (χ2v) is 5.51. The standard InChI is InChI=1S/C14H15ClN2OS/c1-10(14-16-5-6-19-14)9-17-13(18)12-4-2-3-11(7-12)8-15/h2-7,10H,8-9H2,1H3,(H,17,18). The van der Waals surface area contributed by atoms with E-state index in [1.165, 1.54) is 0 Å². The number of carbonyl (C=O) groups is 1. The first-order valence-corrected chi connectivity index (χ1v) is 7.44. The van der Waals surface area contributed by atoms with Crippen LogP contribution in [-0.2, 0) is 5.88 Å². The van der Waals surface area contributed by atoms with Gasteiger partial charge in [0.15, 0.2) is 0 Å². The van der Waals surface area contributed by atoms with E-state index in [2.05, 4.69) is 10.3 Å². The maximum Gasteiger partial charge on any atom is 0.251 e. The maximum atomic E-state index is 12.0. The van der Waals surface area contributed by atoms with Crippen molar-refractivity contribution in [3.8, 4) is 0 Å². The Labute approximate surface area is 121 Å². The van der Waals surface area contributed by atoms with Crippen LogP contribution in [0.2, 0.25) is 0 Å². The van der Waals surface area contributed by atoms with Gasteiger partial charge in [-0.25, -0.2) is 4.98 Å². The summed E-state index contributed by atoms with van der Waals surface area (Å²) in [5, 5.41) is 5.90. The molecule has 19 heavy (non-hydrogen) atoms. The third kappa shape index (κ3) is 3.78. The Balaban J connectivity index is 1.94. The van der Waals surface area contributed by atoms with Crippen LogP contribution in [0.1, 0.15) is 33.8 Å². The normalized spacial score (nSPS) is 12.1. The Morgan fingerprint density at radius 3 is 3.05 bits per heavy atom. The number of nitrogens with one attached hydrogen (secondary N) is 1. The highest BCUT2D eigenvalue weighted by molar-refractivity contribution is 7.09. The van der Waals surface area contributed by atoms with Gasteiger partial charge in [-0.15, -0.1) is 22.9 Å². The molecule has 3 nitrogen and oxygen atoms in total. The van der Waals surface area contributed by atoms with Crippen molar-refractivity contribution in [2.75, 3.05) is 6.54 Å². The van der Waals surface area contributed by atoms with E-state index in [1.807, 2.05) is 30.5 Å². The summed E-state index contributed by atoms with van der Waals surface area (Å²) >= 11 is 7.36. The van der Waals surface area contributed by atoms with Crippen LogP contribution in [0.3, 0.4) is 0 Å². The molecule has 1 heterocycles. The minimum atomic E-state index is -0.0737. The van der Waals surface area contributed by atoms with Gasteiger partial charge in [-0.2, -0.15) is 0 Å². The van der Waals surface area contributed by atoms with Crippen molar-refractivity contribution in [2.45, 2.75) is 18.7 Å². The molecule has 5 heteroatoms. The summed E-state index contributed by atoms with van der Waals surface area (Å²) in [7, 11) is 0. The van der Waals surface area contributed by atoms with Gasteiger partial charge in [0.2, 0.25) is 0 Å². The molecule has 0 aliphatic heterocycles. The van der Waals surface area contributed by atoms with Gasteiger partial charge >= 0.3 is 0 Å². The van der Waals surface area contributed by atoms with Crippen molar-refractivity contribution >= 4 is 28.8 Å². The summed E-state index contributed by atoms with van der Waals surface area (Å²) in [6.45, 7) is 2.63. The zero-order chi connectivity index (χ0) is 13.7. The molecule has 100 valence electrons. The van der Waals surface area contributed by atoms with Crippen LogP contribution in [-0.4, -0.2) is 17.4 Å². The number of alkyl halides is 1. The Hall–Kier alpha value is -1.39. The lowest BCUT2D eigenvalue weighted by Crippen LogP contribution is -2.27. The van der Waals surface area contributed by atoms with Gasteiger partial charge in [0.25, 0.3) is 5.91 Å². The molecule has 1 amide bonds. The Kier molecular flexibility index (Phi) is 4.93. The number of aromatic nitrogens is 1. The maximum absolute atomic E-state index is 12.0. The highest BCUT2D eigenvalue weighted by Gasteiger charge is 2.11. The first kappa shape index (κ1) is 14.0. The molecule has 2 rings (SSSR count). The zero-order valence-corrected chi connectivity index (χ0v) is 12.2. The van der Waals surface area contributed by atoms with E-state index in [-0.39, 0.29) is 11.8 Å². The number of carbonyl (C=O) groups excluding carboxylic acids is 1. The Morgan fingerprint density at radius 2 is 2.37 bits per heavy atom. The van der Waals surface area contributed by atoms with E-state index in [0.717, 1.165) is 10.6 Å². The fourth-order valence-electron chi connectivity index (χ4n) is 1.71. The topological polar surface area (TPSA) is 42.0 Å². The first-order chi connectivity index (χ1) is 9.20. The summed E-state index contributed by atoms with van der Waals surface area (Å²) < 4.78 is 0. The number of benzene rings is 1. The molecule has 0 aliphatic rings. The number of hydrogen-bond acceptors (Lipinski definition) is 3. The van der Waals surface area contributed by atoms with Crippen LogP contribution in [0.4, 0.5) is 0 Å². The van der Waals surface area contributed by atoms with E-state index in [0.29, 0.717) is 18.0 Å². The fraction of sp³-hybridized carbons (Fsp3) is 0.286. The fourth-order valence-corrected chi connectivity index (χ4v) is 2.57. The zero-order valence-electron chi connectivity index (χ0n) is 10.6. The number of thiazole rings is 1. The average molecular weight is 295 g/mol. The van der Waals surface area contributed by atoms with Crippen LogP contribution in [0.5, 0.6) is 0 Å². The van der Waals surface area contributed by atoms with E-state index in [9.17, 15) is 4.79 Å². The van der Waals surface area contributed by atoms with Crippen LogP contribution in [0.15, 0.2) is 35.8 Å². The van der Waals surface area contributed by atoms with Gasteiger partial charge < -0.3 is 5.32 Å². The molecule has 0 bridgehead atoms. The van der Waals surface area contributed by atoms with Crippen molar-refractivity contribution in [3.05, 3.63) is 52.0 Å². The molecule has 0 saturated heterocycles.